The summed E-state index contributed by atoms with van der Waals surface area (Å²) in [6.45, 7) is 6.95. The number of aromatic nitrogens is 1. The van der Waals surface area contributed by atoms with Crippen molar-refractivity contribution in [3.8, 4) is 29.2 Å². The molecule has 0 saturated heterocycles. The zero-order valence-corrected chi connectivity index (χ0v) is 21.3. The first kappa shape index (κ1) is 26.4. The van der Waals surface area contributed by atoms with Crippen molar-refractivity contribution >= 4 is 5.78 Å². The molecule has 0 aliphatic rings. The summed E-state index contributed by atoms with van der Waals surface area (Å²) in [5.41, 5.74) is 1.96. The van der Waals surface area contributed by atoms with Crippen LogP contribution in [-0.2, 0) is 13.0 Å². The smallest absolute Gasteiger partial charge is 0.271 e. The van der Waals surface area contributed by atoms with Crippen LogP contribution in [0.1, 0.15) is 45.1 Å². The Labute approximate surface area is 210 Å². The van der Waals surface area contributed by atoms with Crippen LogP contribution in [0.15, 0.2) is 41.2 Å². The predicted octanol–water partition coefficient (Wildman–Crippen LogP) is 4.26. The van der Waals surface area contributed by atoms with Crippen molar-refractivity contribution in [2.24, 2.45) is 0 Å². The van der Waals surface area contributed by atoms with Gasteiger partial charge < -0.3 is 19.3 Å². The van der Waals surface area contributed by atoms with Crippen LogP contribution in [0.3, 0.4) is 0 Å². The second-order valence-corrected chi connectivity index (χ2v) is 8.65. The fraction of sp³-hybridized carbons (Fsp3) is 0.321. The summed E-state index contributed by atoms with van der Waals surface area (Å²) in [6.07, 6.45) is -0.622. The lowest BCUT2D eigenvalue weighted by molar-refractivity contribution is 0.0812. The number of benzene rings is 2. The van der Waals surface area contributed by atoms with Crippen LogP contribution in [0.25, 0.3) is 0 Å². The summed E-state index contributed by atoms with van der Waals surface area (Å²) in [6, 6.07) is 12.8. The molecule has 1 unspecified atom stereocenters. The zero-order valence-electron chi connectivity index (χ0n) is 21.3. The molecule has 0 aliphatic heterocycles. The summed E-state index contributed by atoms with van der Waals surface area (Å²) in [5.74, 6) is 0.599. The van der Waals surface area contributed by atoms with Crippen LogP contribution >= 0.6 is 0 Å². The van der Waals surface area contributed by atoms with Gasteiger partial charge in [-0.25, -0.2) is 0 Å². The molecular formula is C28H30N2O6. The van der Waals surface area contributed by atoms with Crippen molar-refractivity contribution in [2.45, 2.75) is 46.8 Å². The molecule has 0 aliphatic carbocycles. The van der Waals surface area contributed by atoms with Crippen LogP contribution in [0.2, 0.25) is 0 Å². The van der Waals surface area contributed by atoms with Crippen molar-refractivity contribution in [3.63, 3.8) is 0 Å². The van der Waals surface area contributed by atoms with E-state index in [1.54, 1.807) is 19.1 Å². The molecule has 8 heteroatoms. The number of pyridine rings is 1. The number of hydrogen-bond donors (Lipinski definition) is 1. The maximum Gasteiger partial charge on any atom is 0.271 e. The minimum atomic E-state index is -0.959. The molecule has 0 radical (unpaired) electrons. The Morgan fingerprint density at radius 2 is 1.69 bits per heavy atom. The van der Waals surface area contributed by atoms with E-state index in [2.05, 4.69) is 0 Å². The van der Waals surface area contributed by atoms with E-state index in [0.29, 0.717) is 23.7 Å². The zero-order chi connectivity index (χ0) is 26.6. The largest absolute Gasteiger partial charge is 0.494 e. The topological polar surface area (TPSA) is 111 Å². The molecule has 188 valence electrons. The standard InChI is InChI=1S/C28H30N2O6/c1-16-11-17(2)13-21(12-16)36-19(4)26(31)25-18(3)22(15-29)27(32)30(28(25)33)10-9-20-7-8-23(34-5)24(14-20)35-6/h7-8,11-14,19,33H,9-10H2,1-6H3. The number of ether oxygens (including phenoxy) is 3. The van der Waals surface area contributed by atoms with E-state index in [1.165, 1.54) is 21.1 Å². The van der Waals surface area contributed by atoms with Crippen molar-refractivity contribution < 1.29 is 24.1 Å². The summed E-state index contributed by atoms with van der Waals surface area (Å²) >= 11 is 0. The van der Waals surface area contributed by atoms with Gasteiger partial charge in [0.2, 0.25) is 11.7 Å². The van der Waals surface area contributed by atoms with Gasteiger partial charge in [0.25, 0.3) is 5.56 Å². The molecule has 2 aromatic carbocycles. The van der Waals surface area contributed by atoms with Gasteiger partial charge >= 0.3 is 0 Å². The average Bonchev–Trinajstić information content (AvgIpc) is 2.83. The number of carbonyl (C=O) groups excluding carboxylic acids is 1. The third kappa shape index (κ3) is 5.36. The highest BCUT2D eigenvalue weighted by Crippen LogP contribution is 2.29. The lowest BCUT2D eigenvalue weighted by atomic mass is 9.99. The number of methoxy groups -OCH3 is 2. The first-order valence-electron chi connectivity index (χ1n) is 11.5. The molecule has 3 rings (SSSR count). The average molecular weight is 491 g/mol. The highest BCUT2D eigenvalue weighted by atomic mass is 16.5. The second kappa shape index (κ2) is 11.0. The first-order valence-corrected chi connectivity index (χ1v) is 11.5. The summed E-state index contributed by atoms with van der Waals surface area (Å²) in [4.78, 5) is 26.4. The number of rotatable bonds is 9. The Kier molecular flexibility index (Phi) is 8.05. The lowest BCUT2D eigenvalue weighted by Crippen LogP contribution is -2.31. The Bertz CT molecular complexity index is 1380. The molecule has 1 heterocycles. The van der Waals surface area contributed by atoms with Crippen molar-refractivity contribution in [2.75, 3.05) is 14.2 Å². The third-order valence-corrected chi connectivity index (χ3v) is 6.00. The van der Waals surface area contributed by atoms with E-state index >= 15 is 0 Å². The van der Waals surface area contributed by atoms with E-state index < -0.39 is 23.3 Å². The Hall–Kier alpha value is -4.25. The number of carbonyl (C=O) groups is 1. The Morgan fingerprint density at radius 1 is 1.06 bits per heavy atom. The van der Waals surface area contributed by atoms with Gasteiger partial charge in [0.15, 0.2) is 17.6 Å². The van der Waals surface area contributed by atoms with Crippen LogP contribution in [0.5, 0.6) is 23.1 Å². The summed E-state index contributed by atoms with van der Waals surface area (Å²) in [7, 11) is 3.06. The van der Waals surface area contributed by atoms with E-state index in [1.807, 2.05) is 44.2 Å². The van der Waals surface area contributed by atoms with E-state index in [0.717, 1.165) is 21.3 Å². The van der Waals surface area contributed by atoms with Crippen LogP contribution < -0.4 is 19.8 Å². The molecule has 0 fully saturated rings. The van der Waals surface area contributed by atoms with Gasteiger partial charge in [0, 0.05) is 6.54 Å². The van der Waals surface area contributed by atoms with Crippen LogP contribution in [-0.4, -0.2) is 35.8 Å². The molecule has 0 spiro atoms. The van der Waals surface area contributed by atoms with Gasteiger partial charge in [-0.1, -0.05) is 12.1 Å². The van der Waals surface area contributed by atoms with Gasteiger partial charge in [-0.05, 0) is 80.6 Å². The summed E-state index contributed by atoms with van der Waals surface area (Å²) in [5, 5.41) is 20.7. The maximum atomic E-state index is 13.4. The second-order valence-electron chi connectivity index (χ2n) is 8.65. The molecule has 3 aromatic rings. The molecule has 0 bridgehead atoms. The molecule has 1 aromatic heterocycles. The van der Waals surface area contributed by atoms with Crippen LogP contribution in [0, 0.1) is 32.1 Å². The number of Topliss-reactive ketones (excluding diaryl/α,β-unsaturated/α-hetero) is 1. The minimum absolute atomic E-state index is 0.0434. The van der Waals surface area contributed by atoms with Crippen molar-refractivity contribution in [1.29, 1.82) is 5.26 Å². The van der Waals surface area contributed by atoms with Gasteiger partial charge in [0.05, 0.1) is 19.8 Å². The normalized spacial score (nSPS) is 11.5. The highest BCUT2D eigenvalue weighted by molar-refractivity contribution is 6.03. The molecule has 8 nitrogen and oxygen atoms in total. The van der Waals surface area contributed by atoms with E-state index in [-0.39, 0.29) is 23.2 Å². The fourth-order valence-electron chi connectivity index (χ4n) is 4.19. The van der Waals surface area contributed by atoms with E-state index in [9.17, 15) is 20.0 Å². The maximum absolute atomic E-state index is 13.4. The Balaban J connectivity index is 1.96. The number of nitrogens with zero attached hydrogens (tertiary/aromatic N) is 2. The molecule has 1 N–H and O–H groups in total. The van der Waals surface area contributed by atoms with Gasteiger partial charge in [-0.2, -0.15) is 5.26 Å². The van der Waals surface area contributed by atoms with Crippen molar-refractivity contribution in [3.05, 3.63) is 80.1 Å². The number of aromatic hydroxyl groups is 1. The lowest BCUT2D eigenvalue weighted by Gasteiger charge is -2.19. The molecule has 0 saturated carbocycles. The fourth-order valence-corrected chi connectivity index (χ4v) is 4.19. The SMILES string of the molecule is COc1ccc(CCn2c(O)c(C(=O)C(C)Oc3cc(C)cc(C)c3)c(C)c(C#N)c2=O)cc1OC. The van der Waals surface area contributed by atoms with E-state index in [4.69, 9.17) is 14.2 Å². The Morgan fingerprint density at radius 3 is 2.28 bits per heavy atom. The van der Waals surface area contributed by atoms with Gasteiger partial charge in [0.1, 0.15) is 17.4 Å². The molecular weight excluding hydrogens is 460 g/mol. The van der Waals surface area contributed by atoms with Gasteiger partial charge in [-0.3, -0.25) is 14.2 Å². The third-order valence-electron chi connectivity index (χ3n) is 6.00. The highest BCUT2D eigenvalue weighted by Gasteiger charge is 2.28. The minimum Gasteiger partial charge on any atom is -0.494 e. The first-order chi connectivity index (χ1) is 17.1. The van der Waals surface area contributed by atoms with Gasteiger partial charge in [-0.15, -0.1) is 0 Å². The quantitative estimate of drug-likeness (QED) is 0.446. The predicted molar refractivity (Wildman–Crippen MR) is 135 cm³/mol. The monoisotopic (exact) mass is 490 g/mol. The number of aryl methyl sites for hydroxylation is 3. The number of ketones is 1. The summed E-state index contributed by atoms with van der Waals surface area (Å²) < 4.78 is 17.5. The molecule has 0 amide bonds. The number of hydrogen-bond acceptors (Lipinski definition) is 7. The van der Waals surface area contributed by atoms with Crippen LogP contribution in [0.4, 0.5) is 0 Å². The molecule has 36 heavy (non-hydrogen) atoms. The molecule has 1 atom stereocenters. The van der Waals surface area contributed by atoms with Crippen molar-refractivity contribution in [1.82, 2.24) is 4.57 Å². The number of nitriles is 1.